The number of nitro groups is 1. The molecule has 0 atom stereocenters. The van der Waals surface area contributed by atoms with Gasteiger partial charge in [-0.3, -0.25) is 10.1 Å². The van der Waals surface area contributed by atoms with E-state index in [4.69, 9.17) is 11.6 Å². The number of halogens is 1. The summed E-state index contributed by atoms with van der Waals surface area (Å²) in [5.74, 6) is -0.197. The largest absolute Gasteiger partial charge is 0.269 e. The Hall–Kier alpha value is -1.92. The molecule has 0 fully saturated rings. The number of sulfone groups is 1. The molecule has 0 unspecified atom stereocenters. The van der Waals surface area contributed by atoms with Gasteiger partial charge in [-0.25, -0.2) is 8.42 Å². The number of benzene rings is 2. The highest BCUT2D eigenvalue weighted by atomic mass is 35.5. The molecule has 0 aliphatic heterocycles. The summed E-state index contributed by atoms with van der Waals surface area (Å²) >= 11 is 5.97. The zero-order chi connectivity index (χ0) is 15.6. The maximum atomic E-state index is 12.3. The van der Waals surface area contributed by atoms with Crippen LogP contribution in [-0.2, 0) is 15.6 Å². The fourth-order valence-corrected chi connectivity index (χ4v) is 3.51. The Morgan fingerprint density at radius 1 is 1.14 bits per heavy atom. The van der Waals surface area contributed by atoms with Crippen molar-refractivity contribution in [1.82, 2.24) is 0 Å². The Morgan fingerprint density at radius 3 is 2.33 bits per heavy atom. The number of hydrogen-bond acceptors (Lipinski definition) is 4. The highest BCUT2D eigenvalue weighted by molar-refractivity contribution is 7.90. The predicted octanol–water partition coefficient (Wildman–Crippen LogP) is 3.53. The quantitative estimate of drug-likeness (QED) is 0.636. The first kappa shape index (κ1) is 15.5. The smallest absolute Gasteiger partial charge is 0.258 e. The van der Waals surface area contributed by atoms with Gasteiger partial charge in [-0.15, -0.1) is 0 Å². The standard InChI is InChI=1S/C14H12ClNO4S/c1-10-11(3-2-4-14(10)15)9-21(19,20)13-7-5-12(6-8-13)16(17)18/h2-8H,9H2,1H3. The number of nitrogens with zero attached hydrogens (tertiary/aromatic N) is 1. The van der Waals surface area contributed by atoms with Crippen LogP contribution in [0.4, 0.5) is 5.69 Å². The molecule has 0 saturated carbocycles. The normalized spacial score (nSPS) is 11.3. The van der Waals surface area contributed by atoms with Gasteiger partial charge in [0, 0.05) is 17.2 Å². The SMILES string of the molecule is Cc1c(Cl)cccc1CS(=O)(=O)c1ccc([N+](=O)[O-])cc1. The van der Waals surface area contributed by atoms with Gasteiger partial charge in [-0.05, 0) is 36.2 Å². The summed E-state index contributed by atoms with van der Waals surface area (Å²) in [6.45, 7) is 1.75. The fourth-order valence-electron chi connectivity index (χ4n) is 1.87. The molecule has 0 bridgehead atoms. The third-order valence-corrected chi connectivity index (χ3v) is 5.22. The van der Waals surface area contributed by atoms with Gasteiger partial charge in [0.25, 0.3) is 5.69 Å². The number of non-ortho nitro benzene ring substituents is 1. The van der Waals surface area contributed by atoms with E-state index in [2.05, 4.69) is 0 Å². The van der Waals surface area contributed by atoms with Crippen LogP contribution >= 0.6 is 11.6 Å². The first-order valence-electron chi connectivity index (χ1n) is 6.02. The molecular formula is C14H12ClNO4S. The van der Waals surface area contributed by atoms with Crippen LogP contribution in [0.25, 0.3) is 0 Å². The molecule has 21 heavy (non-hydrogen) atoms. The van der Waals surface area contributed by atoms with Crippen molar-refractivity contribution in [1.29, 1.82) is 0 Å². The van der Waals surface area contributed by atoms with Crippen LogP contribution < -0.4 is 0 Å². The third kappa shape index (κ3) is 3.40. The highest BCUT2D eigenvalue weighted by Crippen LogP contribution is 2.24. The molecule has 7 heteroatoms. The first-order valence-corrected chi connectivity index (χ1v) is 8.05. The Labute approximate surface area is 127 Å². The van der Waals surface area contributed by atoms with E-state index in [0.29, 0.717) is 16.1 Å². The van der Waals surface area contributed by atoms with Crippen LogP contribution in [0.5, 0.6) is 0 Å². The van der Waals surface area contributed by atoms with Crippen molar-refractivity contribution in [2.75, 3.05) is 0 Å². The third-order valence-electron chi connectivity index (χ3n) is 3.13. The van der Waals surface area contributed by atoms with Crippen molar-refractivity contribution in [3.63, 3.8) is 0 Å². The van der Waals surface area contributed by atoms with Crippen molar-refractivity contribution in [2.24, 2.45) is 0 Å². The Balaban J connectivity index is 2.34. The van der Waals surface area contributed by atoms with Gasteiger partial charge in [-0.1, -0.05) is 23.7 Å². The highest BCUT2D eigenvalue weighted by Gasteiger charge is 2.18. The summed E-state index contributed by atoms with van der Waals surface area (Å²) in [6, 6.07) is 9.93. The molecule has 110 valence electrons. The van der Waals surface area contributed by atoms with Gasteiger partial charge < -0.3 is 0 Å². The topological polar surface area (TPSA) is 77.3 Å². The van der Waals surface area contributed by atoms with Crippen LogP contribution in [0.1, 0.15) is 11.1 Å². The second kappa shape index (κ2) is 5.83. The minimum Gasteiger partial charge on any atom is -0.258 e. The Morgan fingerprint density at radius 2 is 1.76 bits per heavy atom. The molecule has 0 aliphatic carbocycles. The molecule has 0 radical (unpaired) electrons. The summed E-state index contributed by atoms with van der Waals surface area (Å²) < 4.78 is 24.7. The van der Waals surface area contributed by atoms with E-state index in [1.165, 1.54) is 24.3 Å². The van der Waals surface area contributed by atoms with Crippen LogP contribution in [-0.4, -0.2) is 13.3 Å². The summed E-state index contributed by atoms with van der Waals surface area (Å²) in [4.78, 5) is 10.1. The van der Waals surface area contributed by atoms with Crippen molar-refractivity contribution < 1.29 is 13.3 Å². The van der Waals surface area contributed by atoms with Gasteiger partial charge in [-0.2, -0.15) is 0 Å². The van der Waals surface area contributed by atoms with E-state index in [1.807, 2.05) is 0 Å². The van der Waals surface area contributed by atoms with E-state index in [-0.39, 0.29) is 16.3 Å². The average molecular weight is 326 g/mol. The van der Waals surface area contributed by atoms with Crippen LogP contribution in [0.3, 0.4) is 0 Å². The lowest BCUT2D eigenvalue weighted by molar-refractivity contribution is -0.384. The van der Waals surface area contributed by atoms with Crippen molar-refractivity contribution in [3.8, 4) is 0 Å². The molecule has 0 heterocycles. The maximum Gasteiger partial charge on any atom is 0.269 e. The molecule has 2 rings (SSSR count). The van der Waals surface area contributed by atoms with Gasteiger partial charge >= 0.3 is 0 Å². The molecule has 2 aromatic rings. The van der Waals surface area contributed by atoms with Gasteiger partial charge in [0.05, 0.1) is 15.6 Å². The number of hydrogen-bond donors (Lipinski definition) is 0. The summed E-state index contributed by atoms with van der Waals surface area (Å²) in [5, 5.41) is 11.1. The minimum absolute atomic E-state index is 0.0486. The summed E-state index contributed by atoms with van der Waals surface area (Å²) in [7, 11) is -3.58. The Kier molecular flexibility index (Phi) is 4.29. The van der Waals surface area contributed by atoms with E-state index < -0.39 is 14.8 Å². The second-order valence-electron chi connectivity index (χ2n) is 4.53. The first-order chi connectivity index (χ1) is 9.81. The molecule has 0 spiro atoms. The number of rotatable bonds is 4. The van der Waals surface area contributed by atoms with Crippen molar-refractivity contribution in [2.45, 2.75) is 17.6 Å². The molecule has 5 nitrogen and oxygen atoms in total. The molecule has 0 aliphatic rings. The lowest BCUT2D eigenvalue weighted by Crippen LogP contribution is -2.06. The predicted molar refractivity (Wildman–Crippen MR) is 80.2 cm³/mol. The van der Waals surface area contributed by atoms with Crippen molar-refractivity contribution >= 4 is 27.1 Å². The van der Waals surface area contributed by atoms with Gasteiger partial charge in [0.2, 0.25) is 0 Å². The monoisotopic (exact) mass is 325 g/mol. The lowest BCUT2D eigenvalue weighted by atomic mass is 10.1. The Bertz CT molecular complexity index is 785. The van der Waals surface area contributed by atoms with E-state index in [9.17, 15) is 18.5 Å². The summed E-state index contributed by atoms with van der Waals surface area (Å²) in [5.41, 5.74) is 1.18. The minimum atomic E-state index is -3.58. The maximum absolute atomic E-state index is 12.3. The van der Waals surface area contributed by atoms with Crippen LogP contribution in [0.2, 0.25) is 5.02 Å². The fraction of sp³-hybridized carbons (Fsp3) is 0.143. The molecule has 0 aromatic heterocycles. The second-order valence-corrected chi connectivity index (χ2v) is 6.93. The molecular weight excluding hydrogens is 314 g/mol. The molecule has 2 aromatic carbocycles. The van der Waals surface area contributed by atoms with Crippen LogP contribution in [0, 0.1) is 17.0 Å². The lowest BCUT2D eigenvalue weighted by Gasteiger charge is -2.08. The van der Waals surface area contributed by atoms with Crippen molar-refractivity contribution in [3.05, 3.63) is 68.7 Å². The van der Waals surface area contributed by atoms with Gasteiger partial charge in [0.1, 0.15) is 0 Å². The summed E-state index contributed by atoms with van der Waals surface area (Å²) in [6.07, 6.45) is 0. The molecule has 0 amide bonds. The molecule has 0 saturated heterocycles. The average Bonchev–Trinajstić information content (AvgIpc) is 2.44. The number of nitro benzene ring substituents is 1. The molecule has 0 N–H and O–H groups in total. The van der Waals surface area contributed by atoms with E-state index >= 15 is 0 Å². The van der Waals surface area contributed by atoms with Gasteiger partial charge in [0.15, 0.2) is 9.84 Å². The van der Waals surface area contributed by atoms with E-state index in [1.54, 1.807) is 25.1 Å². The zero-order valence-corrected chi connectivity index (χ0v) is 12.7. The zero-order valence-electron chi connectivity index (χ0n) is 11.1. The van der Waals surface area contributed by atoms with E-state index in [0.717, 1.165) is 0 Å². The van der Waals surface area contributed by atoms with Crippen LogP contribution in [0.15, 0.2) is 47.4 Å².